The molecule has 0 fully saturated rings. The van der Waals surface area contributed by atoms with Crippen LogP contribution in [0.15, 0.2) is 79.1 Å². The van der Waals surface area contributed by atoms with Crippen LogP contribution in [0.25, 0.3) is 0 Å². The Morgan fingerprint density at radius 2 is 1.76 bits per heavy atom. The van der Waals surface area contributed by atoms with Gasteiger partial charge in [0.25, 0.3) is 5.91 Å². The molecule has 0 atom stereocenters. The van der Waals surface area contributed by atoms with Crippen molar-refractivity contribution in [2.75, 3.05) is 13.2 Å². The fraction of sp³-hybridized carbons (Fsp3) is 0.143. The maximum absolute atomic E-state index is 12.0. The zero-order valence-corrected chi connectivity index (χ0v) is 13.9. The molecule has 0 aliphatic rings. The van der Waals surface area contributed by atoms with Crippen LogP contribution in [0.2, 0.25) is 0 Å². The van der Waals surface area contributed by atoms with E-state index in [2.05, 4.69) is 28.5 Å². The summed E-state index contributed by atoms with van der Waals surface area (Å²) in [5, 5.41) is 2.83. The molecule has 0 radical (unpaired) electrons. The van der Waals surface area contributed by atoms with Crippen molar-refractivity contribution in [2.45, 2.75) is 6.42 Å². The molecule has 1 N–H and O–H groups in total. The molecule has 1 aromatic heterocycles. The summed E-state index contributed by atoms with van der Waals surface area (Å²) < 4.78 is 5.87. The van der Waals surface area contributed by atoms with Crippen molar-refractivity contribution in [1.82, 2.24) is 10.3 Å². The van der Waals surface area contributed by atoms with Gasteiger partial charge in [-0.25, -0.2) is 0 Å². The van der Waals surface area contributed by atoms with Gasteiger partial charge < -0.3 is 10.1 Å². The highest BCUT2D eigenvalue weighted by Gasteiger charge is 2.06. The number of amides is 1. The molecule has 126 valence electrons. The molecule has 0 saturated carbocycles. The van der Waals surface area contributed by atoms with E-state index < -0.39 is 0 Å². The lowest BCUT2D eigenvalue weighted by Crippen LogP contribution is -2.28. The number of hydrogen-bond acceptors (Lipinski definition) is 3. The summed E-state index contributed by atoms with van der Waals surface area (Å²) in [5.41, 5.74) is 2.92. The molecule has 0 spiro atoms. The largest absolute Gasteiger partial charge is 0.491 e. The first-order valence-corrected chi connectivity index (χ1v) is 8.26. The van der Waals surface area contributed by atoms with Crippen LogP contribution in [-0.4, -0.2) is 24.0 Å². The molecule has 3 aromatic rings. The Morgan fingerprint density at radius 3 is 2.56 bits per heavy atom. The third-order valence-electron chi connectivity index (χ3n) is 3.78. The molecule has 0 saturated heterocycles. The molecule has 4 nitrogen and oxygen atoms in total. The molecule has 0 unspecified atom stereocenters. The van der Waals surface area contributed by atoms with Crippen LogP contribution in [0.5, 0.6) is 5.75 Å². The minimum absolute atomic E-state index is 0.144. The number of carbonyl (C=O) groups excluding carboxylic acids is 1. The maximum Gasteiger partial charge on any atom is 0.252 e. The first kappa shape index (κ1) is 16.7. The Morgan fingerprint density at radius 1 is 0.960 bits per heavy atom. The third kappa shape index (κ3) is 4.91. The van der Waals surface area contributed by atoms with Gasteiger partial charge in [0.05, 0.1) is 12.1 Å². The smallest absolute Gasteiger partial charge is 0.252 e. The first-order chi connectivity index (χ1) is 12.3. The first-order valence-electron chi connectivity index (χ1n) is 8.26. The van der Waals surface area contributed by atoms with Gasteiger partial charge in [0.2, 0.25) is 0 Å². The zero-order valence-electron chi connectivity index (χ0n) is 13.9. The molecule has 0 bridgehead atoms. The van der Waals surface area contributed by atoms with Gasteiger partial charge in [0, 0.05) is 18.8 Å². The van der Waals surface area contributed by atoms with E-state index in [0.29, 0.717) is 18.7 Å². The summed E-state index contributed by atoms with van der Waals surface area (Å²) in [4.78, 5) is 15.9. The van der Waals surface area contributed by atoms with Gasteiger partial charge in [-0.15, -0.1) is 0 Å². The fourth-order valence-electron chi connectivity index (χ4n) is 2.53. The van der Waals surface area contributed by atoms with E-state index in [9.17, 15) is 4.79 Å². The average Bonchev–Trinajstić information content (AvgIpc) is 2.68. The SMILES string of the molecule is O=C(NCCOc1ccccc1Cc1ccccc1)c1cccnc1. The van der Waals surface area contributed by atoms with Gasteiger partial charge in [0.15, 0.2) is 0 Å². The number of nitrogens with one attached hydrogen (secondary N) is 1. The van der Waals surface area contributed by atoms with Gasteiger partial charge in [-0.05, 0) is 29.3 Å². The number of rotatable bonds is 7. The van der Waals surface area contributed by atoms with Crippen LogP contribution in [0, 0.1) is 0 Å². The third-order valence-corrected chi connectivity index (χ3v) is 3.78. The van der Waals surface area contributed by atoms with Crippen LogP contribution >= 0.6 is 0 Å². The summed E-state index contributed by atoms with van der Waals surface area (Å²) in [7, 11) is 0. The predicted octanol–water partition coefficient (Wildman–Crippen LogP) is 3.48. The van der Waals surface area contributed by atoms with Crippen molar-refractivity contribution in [3.05, 3.63) is 95.8 Å². The van der Waals surface area contributed by atoms with Gasteiger partial charge in [0.1, 0.15) is 12.4 Å². The Hall–Kier alpha value is -3.14. The van der Waals surface area contributed by atoms with E-state index in [0.717, 1.165) is 17.7 Å². The van der Waals surface area contributed by atoms with E-state index in [4.69, 9.17) is 4.74 Å². The minimum Gasteiger partial charge on any atom is -0.491 e. The second-order valence-electron chi connectivity index (χ2n) is 5.62. The molecule has 4 heteroatoms. The molecule has 0 aliphatic carbocycles. The standard InChI is InChI=1S/C21H20N2O2/c24-21(19-10-6-12-22-16-19)23-13-14-25-20-11-5-4-9-18(20)15-17-7-2-1-3-8-17/h1-12,16H,13-15H2,(H,23,24). The van der Waals surface area contributed by atoms with Crippen molar-refractivity contribution >= 4 is 5.91 Å². The summed E-state index contributed by atoms with van der Waals surface area (Å²) >= 11 is 0. The number of ether oxygens (including phenoxy) is 1. The summed E-state index contributed by atoms with van der Waals surface area (Å²) in [6, 6.07) is 21.8. The fourth-order valence-corrected chi connectivity index (χ4v) is 2.53. The van der Waals surface area contributed by atoms with Gasteiger partial charge in [-0.3, -0.25) is 9.78 Å². The quantitative estimate of drug-likeness (QED) is 0.674. The summed E-state index contributed by atoms with van der Waals surface area (Å²) in [6.45, 7) is 0.852. The van der Waals surface area contributed by atoms with Crippen LogP contribution in [0.1, 0.15) is 21.5 Å². The average molecular weight is 332 g/mol. The van der Waals surface area contributed by atoms with E-state index in [-0.39, 0.29) is 5.91 Å². The van der Waals surface area contributed by atoms with Gasteiger partial charge in [-0.1, -0.05) is 48.5 Å². The summed E-state index contributed by atoms with van der Waals surface area (Å²) in [6.07, 6.45) is 4.01. The lowest BCUT2D eigenvalue weighted by molar-refractivity contribution is 0.0946. The van der Waals surface area contributed by atoms with Crippen LogP contribution in [-0.2, 0) is 6.42 Å². The zero-order chi connectivity index (χ0) is 17.3. The van der Waals surface area contributed by atoms with Crippen molar-refractivity contribution in [1.29, 1.82) is 0 Å². The van der Waals surface area contributed by atoms with Crippen molar-refractivity contribution in [3.63, 3.8) is 0 Å². The van der Waals surface area contributed by atoms with Crippen molar-refractivity contribution in [3.8, 4) is 5.75 Å². The van der Waals surface area contributed by atoms with E-state index in [1.165, 1.54) is 5.56 Å². The Bertz CT molecular complexity index is 804. The molecule has 1 heterocycles. The number of nitrogens with zero attached hydrogens (tertiary/aromatic N) is 1. The number of benzene rings is 2. The van der Waals surface area contributed by atoms with Gasteiger partial charge >= 0.3 is 0 Å². The Kier molecular flexibility index (Phi) is 5.77. The number of carbonyl (C=O) groups is 1. The highest BCUT2D eigenvalue weighted by molar-refractivity contribution is 5.93. The molecular formula is C21H20N2O2. The van der Waals surface area contributed by atoms with E-state index in [1.54, 1.807) is 24.5 Å². The number of hydrogen-bond donors (Lipinski definition) is 1. The second kappa shape index (κ2) is 8.64. The lowest BCUT2D eigenvalue weighted by atomic mass is 10.0. The monoisotopic (exact) mass is 332 g/mol. The molecule has 1 amide bonds. The Labute approximate surface area is 147 Å². The maximum atomic E-state index is 12.0. The molecule has 0 aliphatic heterocycles. The van der Waals surface area contributed by atoms with Crippen molar-refractivity contribution < 1.29 is 9.53 Å². The minimum atomic E-state index is -0.144. The van der Waals surface area contributed by atoms with E-state index in [1.807, 2.05) is 36.4 Å². The highest BCUT2D eigenvalue weighted by Crippen LogP contribution is 2.21. The van der Waals surface area contributed by atoms with Crippen molar-refractivity contribution in [2.24, 2.45) is 0 Å². The number of aromatic nitrogens is 1. The molecule has 3 rings (SSSR count). The molecular weight excluding hydrogens is 312 g/mol. The predicted molar refractivity (Wildman–Crippen MR) is 97.8 cm³/mol. The summed E-state index contributed by atoms with van der Waals surface area (Å²) in [5.74, 6) is 0.705. The van der Waals surface area contributed by atoms with E-state index >= 15 is 0 Å². The van der Waals surface area contributed by atoms with Gasteiger partial charge in [-0.2, -0.15) is 0 Å². The molecule has 25 heavy (non-hydrogen) atoms. The topological polar surface area (TPSA) is 51.2 Å². The van der Waals surface area contributed by atoms with Crippen LogP contribution in [0.4, 0.5) is 0 Å². The molecule has 2 aromatic carbocycles. The normalized spacial score (nSPS) is 10.2. The van der Waals surface area contributed by atoms with Crippen LogP contribution < -0.4 is 10.1 Å². The number of pyridine rings is 1. The van der Waals surface area contributed by atoms with Crippen LogP contribution in [0.3, 0.4) is 0 Å². The lowest BCUT2D eigenvalue weighted by Gasteiger charge is -2.12. The number of para-hydroxylation sites is 1. The second-order valence-corrected chi connectivity index (χ2v) is 5.62. The Balaban J connectivity index is 1.52. The highest BCUT2D eigenvalue weighted by atomic mass is 16.5.